The van der Waals surface area contributed by atoms with Crippen LogP contribution in [0.25, 0.3) is 49.7 Å². The van der Waals surface area contributed by atoms with E-state index < -0.39 is 0 Å². The molecule has 62 heavy (non-hydrogen) atoms. The molecule has 3 nitrogen and oxygen atoms in total. The minimum absolute atomic E-state index is 0.117. The second-order valence-electron chi connectivity index (χ2n) is 19.1. The molecule has 1 aromatic heterocycles. The molecule has 0 amide bonds. The van der Waals surface area contributed by atoms with E-state index in [9.17, 15) is 0 Å². The molecule has 0 bridgehead atoms. The van der Waals surface area contributed by atoms with Gasteiger partial charge in [-0.3, -0.25) is 0 Å². The molecule has 0 fully saturated rings. The molecule has 0 unspecified atom stereocenters. The quantitative estimate of drug-likeness (QED) is 0.0423. The number of aryl methyl sites for hydroxylation is 2. The smallest absolute Gasteiger partial charge is 0.0541 e. The Balaban J connectivity index is 1.29. The largest absolute Gasteiger partial charge is 0.399 e. The lowest BCUT2D eigenvalue weighted by Crippen LogP contribution is -2.27. The van der Waals surface area contributed by atoms with Gasteiger partial charge in [0.05, 0.1) is 11.0 Å². The highest BCUT2D eigenvalue weighted by atomic mass is 15.0. The number of benzene rings is 5. The van der Waals surface area contributed by atoms with E-state index in [1.54, 1.807) is 0 Å². The van der Waals surface area contributed by atoms with Gasteiger partial charge in [0.25, 0.3) is 0 Å². The topological polar surface area (TPSA) is 57.0 Å². The fourth-order valence-corrected chi connectivity index (χ4v) is 11.0. The van der Waals surface area contributed by atoms with E-state index in [2.05, 4.69) is 123 Å². The Kier molecular flexibility index (Phi) is 16.3. The lowest BCUT2D eigenvalue weighted by atomic mass is 9.68. The fraction of sp³-hybridized carbons (Fsp3) is 0.492. The van der Waals surface area contributed by atoms with Crippen molar-refractivity contribution in [3.05, 3.63) is 113 Å². The first kappa shape index (κ1) is 45.5. The van der Waals surface area contributed by atoms with E-state index in [1.165, 1.54) is 200 Å². The van der Waals surface area contributed by atoms with Crippen molar-refractivity contribution in [3.63, 3.8) is 0 Å². The lowest BCUT2D eigenvalue weighted by Gasteiger charge is -2.35. The van der Waals surface area contributed by atoms with Crippen LogP contribution in [-0.4, -0.2) is 4.57 Å². The van der Waals surface area contributed by atoms with Crippen LogP contribution < -0.4 is 11.5 Å². The second-order valence-corrected chi connectivity index (χ2v) is 19.1. The molecular weight excluding hydrogens is 751 g/mol. The van der Waals surface area contributed by atoms with Gasteiger partial charge < -0.3 is 16.0 Å². The first-order valence-corrected chi connectivity index (χ1v) is 25.4. The maximum absolute atomic E-state index is 7.21. The van der Waals surface area contributed by atoms with Crippen molar-refractivity contribution in [2.45, 2.75) is 187 Å². The Morgan fingerprint density at radius 3 is 1.47 bits per heavy atom. The zero-order valence-corrected chi connectivity index (χ0v) is 39.2. The van der Waals surface area contributed by atoms with Gasteiger partial charge in [0, 0.05) is 38.8 Å². The normalized spacial score (nSPS) is 13.0. The van der Waals surface area contributed by atoms with Gasteiger partial charge in [0.2, 0.25) is 0 Å². The van der Waals surface area contributed by atoms with Gasteiger partial charge in [-0.2, -0.15) is 0 Å². The number of hydrogen-bond acceptors (Lipinski definition) is 2. The number of rotatable bonds is 26. The van der Waals surface area contributed by atoms with Crippen molar-refractivity contribution in [1.82, 2.24) is 4.57 Å². The summed E-state index contributed by atoms with van der Waals surface area (Å²) in [6, 6.07) is 35.2. The molecule has 3 heteroatoms. The summed E-state index contributed by atoms with van der Waals surface area (Å²) in [5.74, 6) is 0. The summed E-state index contributed by atoms with van der Waals surface area (Å²) in [7, 11) is 0. The van der Waals surface area contributed by atoms with Gasteiger partial charge in [-0.15, -0.1) is 0 Å². The number of unbranched alkanes of at least 4 members (excludes halogenated alkanes) is 16. The van der Waals surface area contributed by atoms with E-state index >= 15 is 0 Å². The number of aromatic nitrogens is 1. The van der Waals surface area contributed by atoms with Gasteiger partial charge in [-0.1, -0.05) is 180 Å². The Morgan fingerprint density at radius 2 is 0.935 bits per heavy atom. The summed E-state index contributed by atoms with van der Waals surface area (Å²) >= 11 is 0. The molecule has 0 saturated heterocycles. The highest BCUT2D eigenvalue weighted by Gasteiger charge is 2.44. The minimum atomic E-state index is -0.117. The molecule has 1 aliphatic rings. The van der Waals surface area contributed by atoms with Crippen molar-refractivity contribution in [2.75, 3.05) is 11.5 Å². The molecule has 5 aromatic carbocycles. The fourth-order valence-electron chi connectivity index (χ4n) is 11.0. The molecule has 1 aliphatic carbocycles. The average molecular weight is 830 g/mol. The van der Waals surface area contributed by atoms with Crippen LogP contribution in [0.4, 0.5) is 11.4 Å². The molecule has 0 saturated carbocycles. The first-order valence-electron chi connectivity index (χ1n) is 25.4. The monoisotopic (exact) mass is 830 g/mol. The highest BCUT2D eigenvalue weighted by Crippen LogP contribution is 2.58. The van der Waals surface area contributed by atoms with Crippen molar-refractivity contribution >= 4 is 33.2 Å². The maximum Gasteiger partial charge on any atom is 0.0541 e. The summed E-state index contributed by atoms with van der Waals surface area (Å²) in [4.78, 5) is 0. The van der Waals surface area contributed by atoms with Crippen molar-refractivity contribution < 1.29 is 0 Å². The van der Waals surface area contributed by atoms with Crippen LogP contribution >= 0.6 is 0 Å². The number of nitrogens with two attached hydrogens (primary N) is 2. The number of nitrogens with zero attached hydrogens (tertiary/aromatic N) is 1. The lowest BCUT2D eigenvalue weighted by molar-refractivity contribution is 0.399. The van der Waals surface area contributed by atoms with Crippen LogP contribution in [0, 0.1) is 0 Å². The van der Waals surface area contributed by atoms with Gasteiger partial charge >= 0.3 is 0 Å². The van der Waals surface area contributed by atoms with Crippen molar-refractivity contribution in [1.29, 1.82) is 0 Å². The number of fused-ring (bicyclic) bond motifs is 6. The summed E-state index contributed by atoms with van der Waals surface area (Å²) in [6.45, 7) is 9.22. The molecule has 0 spiro atoms. The highest BCUT2D eigenvalue weighted by molar-refractivity contribution is 6.10. The van der Waals surface area contributed by atoms with Crippen LogP contribution in [0.5, 0.6) is 0 Å². The molecule has 0 aliphatic heterocycles. The Labute approximate surface area is 376 Å². The van der Waals surface area contributed by atoms with E-state index in [4.69, 9.17) is 11.5 Å². The predicted octanol–water partition coefficient (Wildman–Crippen LogP) is 17.6. The molecule has 330 valence electrons. The summed E-state index contributed by atoms with van der Waals surface area (Å²) in [6.07, 6.45) is 30.3. The maximum atomic E-state index is 7.21. The summed E-state index contributed by atoms with van der Waals surface area (Å²) in [5.41, 5.74) is 30.2. The van der Waals surface area contributed by atoms with E-state index in [0.29, 0.717) is 0 Å². The predicted molar refractivity (Wildman–Crippen MR) is 273 cm³/mol. The number of nitrogen functional groups attached to an aromatic ring is 2. The Bertz CT molecular complexity index is 2260. The minimum Gasteiger partial charge on any atom is -0.399 e. The van der Waals surface area contributed by atoms with E-state index in [1.807, 2.05) is 0 Å². The first-order chi connectivity index (χ1) is 30.4. The van der Waals surface area contributed by atoms with Gasteiger partial charge in [-0.25, -0.2) is 0 Å². The van der Waals surface area contributed by atoms with E-state index in [-0.39, 0.29) is 5.41 Å². The zero-order chi connectivity index (χ0) is 43.3. The average Bonchev–Trinajstić information content (AvgIpc) is 3.75. The molecule has 7 rings (SSSR count). The molecule has 6 aromatic rings. The molecule has 1 heterocycles. The third-order valence-electron chi connectivity index (χ3n) is 14.4. The SMILES string of the molecule is CCCCCCCCC1(CCCCCCCC)c2cc(N)ccc2-c2ccc(N)c(-c3ccc(-n4c5ccc(CCCCCC)cc5c5cc(CCCCCC)ccc54)cc3)c21. The third kappa shape index (κ3) is 10.1. The summed E-state index contributed by atoms with van der Waals surface area (Å²) < 4.78 is 2.51. The third-order valence-corrected chi connectivity index (χ3v) is 14.4. The molecule has 0 atom stereocenters. The van der Waals surface area contributed by atoms with Crippen molar-refractivity contribution in [3.8, 4) is 27.9 Å². The number of anilines is 2. The second kappa shape index (κ2) is 22.2. The van der Waals surface area contributed by atoms with Crippen molar-refractivity contribution in [2.24, 2.45) is 0 Å². The summed E-state index contributed by atoms with van der Waals surface area (Å²) in [5, 5.41) is 2.76. The zero-order valence-electron chi connectivity index (χ0n) is 39.2. The standard InChI is InChI=1S/C59H79N3/c1-5-9-13-17-19-23-39-59(40-24-20-18-14-10-6-2)53-43-47(60)31-34-49(53)50-35-36-54(61)57(58(50)59)46-29-32-48(33-30-46)62-55-37-27-44(25-21-15-11-7-3)41-51(55)52-42-45(28-38-56(52)62)26-22-16-12-8-4/h27-38,41-43H,5-26,39-40,60-61H2,1-4H3. The van der Waals surface area contributed by atoms with Crippen LogP contribution in [0.3, 0.4) is 0 Å². The van der Waals surface area contributed by atoms with Gasteiger partial charge in [0.15, 0.2) is 0 Å². The Hall–Kier alpha value is -4.50. The van der Waals surface area contributed by atoms with E-state index in [0.717, 1.165) is 37.1 Å². The van der Waals surface area contributed by atoms with Crippen LogP contribution in [0.15, 0.2) is 91.0 Å². The Morgan fingerprint density at radius 1 is 0.452 bits per heavy atom. The van der Waals surface area contributed by atoms with Crippen LogP contribution in [0.2, 0.25) is 0 Å². The number of hydrogen-bond donors (Lipinski definition) is 2. The molecule has 0 radical (unpaired) electrons. The van der Waals surface area contributed by atoms with Gasteiger partial charge in [0.1, 0.15) is 0 Å². The molecule has 4 N–H and O–H groups in total. The van der Waals surface area contributed by atoms with Crippen LogP contribution in [0.1, 0.15) is 191 Å². The van der Waals surface area contributed by atoms with Crippen LogP contribution in [-0.2, 0) is 18.3 Å². The molecular formula is C59H79N3. The van der Waals surface area contributed by atoms with Gasteiger partial charge in [-0.05, 0) is 132 Å².